The summed E-state index contributed by atoms with van der Waals surface area (Å²) in [5, 5.41) is 2.70. The molecule has 3 rings (SSSR count). The largest absolute Gasteiger partial charge is 0.342 e. The summed E-state index contributed by atoms with van der Waals surface area (Å²) < 4.78 is 27.4. The highest BCUT2D eigenvalue weighted by Gasteiger charge is 2.21. The monoisotopic (exact) mass is 413 g/mol. The third-order valence-electron chi connectivity index (χ3n) is 4.81. The minimum absolute atomic E-state index is 0.0286. The van der Waals surface area contributed by atoms with E-state index in [1.807, 2.05) is 26.0 Å². The lowest BCUT2D eigenvalue weighted by Gasteiger charge is -2.08. The molecule has 1 N–H and O–H groups in total. The average molecular weight is 413 g/mol. The molecule has 0 aliphatic carbocycles. The van der Waals surface area contributed by atoms with Crippen molar-refractivity contribution in [3.05, 3.63) is 82.0 Å². The molecule has 0 aliphatic heterocycles. The minimum Gasteiger partial charge on any atom is -0.325 e. The molecule has 0 aliphatic rings. The molecule has 0 radical (unpaired) electrons. The first-order valence-electron chi connectivity index (χ1n) is 9.22. The van der Waals surface area contributed by atoms with E-state index in [9.17, 15) is 18.0 Å². The van der Waals surface area contributed by atoms with Gasteiger partial charge < -0.3 is 5.32 Å². The van der Waals surface area contributed by atoms with Crippen LogP contribution in [0, 0.1) is 13.8 Å². The molecule has 1 amide bonds. The van der Waals surface area contributed by atoms with E-state index < -0.39 is 21.6 Å². The SMILES string of the molecule is CCc1ccc(NC(=O)Cn2ccn(S(=O)(=O)c3ccc(C)c(C)c3)c2=O)cc1. The fourth-order valence-electron chi connectivity index (χ4n) is 2.87. The van der Waals surface area contributed by atoms with Crippen LogP contribution in [0.25, 0.3) is 0 Å². The van der Waals surface area contributed by atoms with Crippen LogP contribution in [0.3, 0.4) is 0 Å². The summed E-state index contributed by atoms with van der Waals surface area (Å²) in [5.41, 5.74) is 2.74. The molecule has 0 fully saturated rings. The van der Waals surface area contributed by atoms with Crippen LogP contribution in [0.2, 0.25) is 0 Å². The quantitative estimate of drug-likeness (QED) is 0.673. The van der Waals surface area contributed by atoms with Crippen molar-refractivity contribution in [1.82, 2.24) is 8.54 Å². The summed E-state index contributed by atoms with van der Waals surface area (Å²) in [7, 11) is -4.04. The van der Waals surface area contributed by atoms with Gasteiger partial charge >= 0.3 is 5.69 Å². The minimum atomic E-state index is -4.04. The van der Waals surface area contributed by atoms with Crippen LogP contribution in [-0.4, -0.2) is 22.9 Å². The first-order chi connectivity index (χ1) is 13.7. The lowest BCUT2D eigenvalue weighted by atomic mass is 10.1. The fraction of sp³-hybridized carbons (Fsp3) is 0.238. The Balaban J connectivity index is 1.80. The number of hydrogen-bond acceptors (Lipinski definition) is 4. The topological polar surface area (TPSA) is 90.2 Å². The highest BCUT2D eigenvalue weighted by molar-refractivity contribution is 7.90. The lowest BCUT2D eigenvalue weighted by Crippen LogP contribution is -2.32. The van der Waals surface area contributed by atoms with Crippen LogP contribution in [0.1, 0.15) is 23.6 Å². The fourth-order valence-corrected chi connectivity index (χ4v) is 4.18. The smallest absolute Gasteiger partial charge is 0.325 e. The molecule has 2 aromatic carbocycles. The second-order valence-electron chi connectivity index (χ2n) is 6.85. The Hall–Kier alpha value is -3.13. The zero-order valence-electron chi connectivity index (χ0n) is 16.5. The van der Waals surface area contributed by atoms with Gasteiger partial charge in [0, 0.05) is 18.1 Å². The van der Waals surface area contributed by atoms with Crippen molar-refractivity contribution in [3.8, 4) is 0 Å². The summed E-state index contributed by atoms with van der Waals surface area (Å²) in [6.07, 6.45) is 3.35. The van der Waals surface area contributed by atoms with E-state index in [0.29, 0.717) is 9.66 Å². The number of carbonyl (C=O) groups excluding carboxylic acids is 1. The summed E-state index contributed by atoms with van der Waals surface area (Å²) in [6, 6.07) is 12.1. The Bertz CT molecular complexity index is 1210. The molecule has 1 aromatic heterocycles. The zero-order chi connectivity index (χ0) is 21.2. The number of benzene rings is 2. The third kappa shape index (κ3) is 4.32. The highest BCUT2D eigenvalue weighted by Crippen LogP contribution is 2.16. The molecule has 1 heterocycles. The van der Waals surface area contributed by atoms with Crippen molar-refractivity contribution in [2.45, 2.75) is 38.6 Å². The van der Waals surface area contributed by atoms with Crippen LogP contribution in [0.15, 0.2) is 64.5 Å². The Morgan fingerprint density at radius 3 is 2.31 bits per heavy atom. The average Bonchev–Trinajstić information content (AvgIpc) is 3.05. The van der Waals surface area contributed by atoms with Gasteiger partial charge in [-0.1, -0.05) is 25.1 Å². The number of imidazole rings is 1. The van der Waals surface area contributed by atoms with Gasteiger partial charge in [0.1, 0.15) is 6.54 Å². The van der Waals surface area contributed by atoms with Gasteiger partial charge in [-0.15, -0.1) is 0 Å². The second-order valence-corrected chi connectivity index (χ2v) is 8.67. The van der Waals surface area contributed by atoms with E-state index in [-0.39, 0.29) is 11.4 Å². The van der Waals surface area contributed by atoms with Crippen molar-refractivity contribution in [3.63, 3.8) is 0 Å². The van der Waals surface area contributed by atoms with Gasteiger partial charge in [0.2, 0.25) is 5.91 Å². The maximum absolute atomic E-state index is 12.8. The predicted molar refractivity (Wildman–Crippen MR) is 112 cm³/mol. The number of amides is 1. The van der Waals surface area contributed by atoms with Gasteiger partial charge in [-0.05, 0) is 61.2 Å². The Morgan fingerprint density at radius 2 is 1.69 bits per heavy atom. The first kappa shape index (κ1) is 20.6. The van der Waals surface area contributed by atoms with Crippen molar-refractivity contribution in [2.75, 3.05) is 5.32 Å². The van der Waals surface area contributed by atoms with E-state index in [4.69, 9.17) is 0 Å². The van der Waals surface area contributed by atoms with E-state index in [1.165, 1.54) is 18.3 Å². The summed E-state index contributed by atoms with van der Waals surface area (Å²) >= 11 is 0. The molecular weight excluding hydrogens is 390 g/mol. The Kier molecular flexibility index (Phi) is 5.74. The van der Waals surface area contributed by atoms with Gasteiger partial charge in [0.05, 0.1) is 4.90 Å². The van der Waals surface area contributed by atoms with Crippen molar-refractivity contribution >= 4 is 21.6 Å². The van der Waals surface area contributed by atoms with Gasteiger partial charge in [-0.3, -0.25) is 9.36 Å². The van der Waals surface area contributed by atoms with Crippen LogP contribution < -0.4 is 11.0 Å². The van der Waals surface area contributed by atoms with E-state index in [1.54, 1.807) is 25.1 Å². The molecule has 0 spiro atoms. The third-order valence-corrected chi connectivity index (χ3v) is 6.46. The lowest BCUT2D eigenvalue weighted by molar-refractivity contribution is -0.116. The summed E-state index contributed by atoms with van der Waals surface area (Å²) in [4.78, 5) is 24.9. The maximum atomic E-state index is 12.8. The number of carbonyl (C=O) groups is 1. The van der Waals surface area contributed by atoms with Crippen LogP contribution >= 0.6 is 0 Å². The Morgan fingerprint density at radius 1 is 1.00 bits per heavy atom. The number of hydrogen-bond donors (Lipinski definition) is 1. The molecule has 0 saturated heterocycles. The molecule has 0 atom stereocenters. The first-order valence-corrected chi connectivity index (χ1v) is 10.7. The predicted octanol–water partition coefficient (Wildman–Crippen LogP) is 2.70. The van der Waals surface area contributed by atoms with Gasteiger partial charge in [0.15, 0.2) is 0 Å². The van der Waals surface area contributed by atoms with Crippen molar-refractivity contribution in [2.24, 2.45) is 0 Å². The molecular formula is C21H23N3O4S. The molecule has 152 valence electrons. The number of anilines is 1. The van der Waals surface area contributed by atoms with Crippen LogP contribution in [0.5, 0.6) is 0 Å². The van der Waals surface area contributed by atoms with Gasteiger partial charge in [0.25, 0.3) is 10.0 Å². The normalized spacial score (nSPS) is 11.4. The standard InChI is InChI=1S/C21H23N3O4S/c1-4-17-6-8-18(9-7-17)22-20(25)14-23-11-12-24(21(23)26)29(27,28)19-10-5-15(2)16(3)13-19/h5-13H,4,14H2,1-3H3,(H,22,25). The molecule has 0 unspecified atom stereocenters. The molecule has 0 bridgehead atoms. The van der Waals surface area contributed by atoms with Crippen molar-refractivity contribution in [1.29, 1.82) is 0 Å². The van der Waals surface area contributed by atoms with Crippen molar-refractivity contribution < 1.29 is 13.2 Å². The van der Waals surface area contributed by atoms with Gasteiger partial charge in [-0.25, -0.2) is 13.2 Å². The van der Waals surface area contributed by atoms with E-state index in [2.05, 4.69) is 5.32 Å². The highest BCUT2D eigenvalue weighted by atomic mass is 32.2. The zero-order valence-corrected chi connectivity index (χ0v) is 17.4. The number of nitrogens with one attached hydrogen (secondary N) is 1. The number of nitrogens with zero attached hydrogens (tertiary/aromatic N) is 2. The van der Waals surface area contributed by atoms with E-state index in [0.717, 1.165) is 33.9 Å². The summed E-state index contributed by atoms with van der Waals surface area (Å²) in [5.74, 6) is -0.419. The number of aryl methyl sites for hydroxylation is 3. The molecule has 3 aromatic rings. The number of aromatic nitrogens is 2. The van der Waals surface area contributed by atoms with Gasteiger partial charge in [-0.2, -0.15) is 3.97 Å². The second kappa shape index (κ2) is 8.08. The van der Waals surface area contributed by atoms with E-state index >= 15 is 0 Å². The molecule has 8 heteroatoms. The van der Waals surface area contributed by atoms with Crippen LogP contribution in [-0.2, 0) is 27.8 Å². The molecule has 29 heavy (non-hydrogen) atoms. The Labute approximate surface area is 169 Å². The molecule has 7 nitrogen and oxygen atoms in total. The summed E-state index contributed by atoms with van der Waals surface area (Å²) in [6.45, 7) is 5.43. The molecule has 0 saturated carbocycles. The number of rotatable bonds is 6. The van der Waals surface area contributed by atoms with Crippen LogP contribution in [0.4, 0.5) is 5.69 Å². The maximum Gasteiger partial charge on any atom is 0.342 e.